The second-order valence-corrected chi connectivity index (χ2v) is 3.61. The Balaban J connectivity index is 2.30. The summed E-state index contributed by atoms with van der Waals surface area (Å²) >= 11 is 0. The number of aromatic nitrogens is 4. The van der Waals surface area contributed by atoms with Crippen molar-refractivity contribution in [3.05, 3.63) is 16.7 Å². The molecule has 2 aromatic rings. The first-order valence-corrected chi connectivity index (χ1v) is 5.08. The number of nitrogens with zero attached hydrogens (tertiary/aromatic N) is 2. The number of carbonyl (C=O) groups excluding carboxylic acids is 2. The molecule has 100 valence electrons. The van der Waals surface area contributed by atoms with Gasteiger partial charge < -0.3 is 30.1 Å². The van der Waals surface area contributed by atoms with E-state index < -0.39 is 30.0 Å². The van der Waals surface area contributed by atoms with Crippen LogP contribution in [0, 0.1) is 0 Å². The molecule has 0 saturated carbocycles. The van der Waals surface area contributed by atoms with Crippen LogP contribution in [-0.2, 0) is 9.59 Å². The fourth-order valence-electron chi connectivity index (χ4n) is 1.44. The number of aromatic amines is 2. The Morgan fingerprint density at radius 2 is 2.16 bits per heavy atom. The minimum Gasteiger partial charge on any atom is -0.550 e. The maximum absolute atomic E-state index is 11.5. The first-order chi connectivity index (χ1) is 8.97. The minimum atomic E-state index is -1.66. The molecule has 0 aliphatic carbocycles. The molecule has 2 heterocycles. The van der Waals surface area contributed by atoms with Crippen LogP contribution in [0.2, 0.25) is 0 Å². The van der Waals surface area contributed by atoms with Gasteiger partial charge in [-0.3, -0.25) is 9.78 Å². The quantitative estimate of drug-likeness (QED) is 0.496. The summed E-state index contributed by atoms with van der Waals surface area (Å²) in [5.41, 5.74) is -0.386. The highest BCUT2D eigenvalue weighted by atomic mass is 16.4. The van der Waals surface area contributed by atoms with Gasteiger partial charge in [-0.15, -0.1) is 0 Å². The zero-order valence-corrected chi connectivity index (χ0v) is 9.30. The fourth-order valence-corrected chi connectivity index (χ4v) is 1.44. The van der Waals surface area contributed by atoms with Gasteiger partial charge in [0.2, 0.25) is 5.95 Å². The van der Waals surface area contributed by atoms with Crippen molar-refractivity contribution in [2.75, 3.05) is 5.32 Å². The summed E-state index contributed by atoms with van der Waals surface area (Å²) in [5.74, 6) is -3.46. The van der Waals surface area contributed by atoms with E-state index in [0.29, 0.717) is 0 Å². The maximum Gasteiger partial charge on any atom is 0.278 e. The number of hydrogen-bond donors (Lipinski definition) is 3. The molecule has 0 amide bonds. The molecule has 3 N–H and O–H groups in total. The topological polar surface area (TPSA) is 167 Å². The molecular weight excluding hydrogens is 258 g/mol. The van der Waals surface area contributed by atoms with Crippen molar-refractivity contribution in [1.29, 1.82) is 0 Å². The van der Waals surface area contributed by atoms with Crippen molar-refractivity contribution in [1.82, 2.24) is 19.9 Å². The third-order valence-electron chi connectivity index (χ3n) is 2.26. The van der Waals surface area contributed by atoms with Crippen LogP contribution in [0.3, 0.4) is 0 Å². The molecule has 0 fully saturated rings. The number of carbonyl (C=O) groups is 2. The molecule has 1 atom stereocenters. The molecule has 2 rings (SSSR count). The van der Waals surface area contributed by atoms with E-state index in [-0.39, 0.29) is 17.1 Å². The molecule has 0 aliphatic heterocycles. The number of nitrogens with one attached hydrogen (secondary N) is 3. The highest BCUT2D eigenvalue weighted by Gasteiger charge is 2.13. The van der Waals surface area contributed by atoms with Crippen molar-refractivity contribution < 1.29 is 19.8 Å². The van der Waals surface area contributed by atoms with E-state index >= 15 is 0 Å². The smallest absolute Gasteiger partial charge is 0.278 e. The van der Waals surface area contributed by atoms with Gasteiger partial charge in [-0.2, -0.15) is 4.98 Å². The van der Waals surface area contributed by atoms with Crippen molar-refractivity contribution >= 4 is 29.1 Å². The molecule has 0 spiro atoms. The third kappa shape index (κ3) is 2.68. The van der Waals surface area contributed by atoms with E-state index in [1.165, 1.54) is 6.33 Å². The van der Waals surface area contributed by atoms with Crippen LogP contribution in [0.1, 0.15) is 6.42 Å². The molecule has 0 saturated heterocycles. The lowest BCUT2D eigenvalue weighted by molar-refractivity contribution is -0.316. The normalized spacial score (nSPS) is 12.2. The zero-order valence-electron chi connectivity index (χ0n) is 9.30. The predicted octanol–water partition coefficient (Wildman–Crippen LogP) is -3.68. The predicted molar refractivity (Wildman–Crippen MR) is 56.6 cm³/mol. The van der Waals surface area contributed by atoms with Crippen LogP contribution in [0.15, 0.2) is 11.1 Å². The number of fused-ring (bicyclic) bond motifs is 1. The first-order valence-electron chi connectivity index (χ1n) is 5.08. The molecule has 10 heteroatoms. The zero-order chi connectivity index (χ0) is 14.0. The van der Waals surface area contributed by atoms with Crippen molar-refractivity contribution in [3.63, 3.8) is 0 Å². The van der Waals surface area contributed by atoms with Crippen LogP contribution < -0.4 is 21.1 Å². The number of imidazole rings is 1. The van der Waals surface area contributed by atoms with Crippen LogP contribution in [0.5, 0.6) is 0 Å². The summed E-state index contributed by atoms with van der Waals surface area (Å²) in [6.45, 7) is 0. The van der Waals surface area contributed by atoms with E-state index in [0.717, 1.165) is 0 Å². The van der Waals surface area contributed by atoms with Gasteiger partial charge in [-0.05, 0) is 0 Å². The van der Waals surface area contributed by atoms with Gasteiger partial charge in [0.25, 0.3) is 5.56 Å². The molecule has 0 radical (unpaired) electrons. The Morgan fingerprint density at radius 3 is 2.79 bits per heavy atom. The number of anilines is 1. The lowest BCUT2D eigenvalue weighted by Gasteiger charge is -2.19. The highest BCUT2D eigenvalue weighted by molar-refractivity contribution is 5.81. The van der Waals surface area contributed by atoms with Gasteiger partial charge in [0, 0.05) is 12.4 Å². The Labute approximate surface area is 104 Å². The number of aliphatic carboxylic acids is 2. The van der Waals surface area contributed by atoms with Crippen molar-refractivity contribution in [2.24, 2.45) is 0 Å². The Morgan fingerprint density at radius 1 is 1.42 bits per heavy atom. The second-order valence-electron chi connectivity index (χ2n) is 3.61. The summed E-state index contributed by atoms with van der Waals surface area (Å²) < 4.78 is 0. The maximum atomic E-state index is 11.5. The molecule has 19 heavy (non-hydrogen) atoms. The first kappa shape index (κ1) is 12.5. The van der Waals surface area contributed by atoms with Gasteiger partial charge in [0.05, 0.1) is 18.3 Å². The SMILES string of the molecule is O=C([O-])C[C@H](Nc1nc2nc[nH]c2c(=O)[nH]1)C(=O)[O-]. The highest BCUT2D eigenvalue weighted by Crippen LogP contribution is 2.05. The minimum absolute atomic E-state index is 0.0665. The Hall–Kier alpha value is -2.91. The van der Waals surface area contributed by atoms with Crippen LogP contribution >= 0.6 is 0 Å². The van der Waals surface area contributed by atoms with E-state index in [9.17, 15) is 24.6 Å². The van der Waals surface area contributed by atoms with Gasteiger partial charge in [-0.25, -0.2) is 4.98 Å². The molecule has 0 unspecified atom stereocenters. The standard InChI is InChI=1S/C9H9N5O5/c15-4(16)1-3(8(18)19)12-9-13-6-5(7(17)14-9)10-2-11-6/h2-3H,1H2,(H,15,16)(H,18,19)(H3,10,11,12,13,14,17)/p-2/t3-/m0/s1. The van der Waals surface area contributed by atoms with E-state index in [4.69, 9.17) is 0 Å². The van der Waals surface area contributed by atoms with Crippen molar-refractivity contribution in [3.8, 4) is 0 Å². The van der Waals surface area contributed by atoms with E-state index in [2.05, 4.69) is 25.3 Å². The summed E-state index contributed by atoms with van der Waals surface area (Å²) in [4.78, 5) is 45.0. The fraction of sp³-hybridized carbons (Fsp3) is 0.222. The molecule has 0 aromatic carbocycles. The summed E-state index contributed by atoms with van der Waals surface area (Å²) in [7, 11) is 0. The summed E-state index contributed by atoms with van der Waals surface area (Å²) in [6.07, 6.45) is 0.415. The molecule has 0 bridgehead atoms. The number of hydrogen-bond acceptors (Lipinski definition) is 8. The molecule has 0 aliphatic rings. The second kappa shape index (κ2) is 4.76. The summed E-state index contributed by atoms with van der Waals surface area (Å²) in [5, 5.41) is 23.4. The Kier molecular flexibility index (Phi) is 3.14. The number of rotatable bonds is 5. The monoisotopic (exact) mass is 265 g/mol. The van der Waals surface area contributed by atoms with E-state index in [1.807, 2.05) is 0 Å². The van der Waals surface area contributed by atoms with Gasteiger partial charge in [0.15, 0.2) is 11.2 Å². The van der Waals surface area contributed by atoms with Gasteiger partial charge in [-0.1, -0.05) is 0 Å². The van der Waals surface area contributed by atoms with Crippen molar-refractivity contribution in [2.45, 2.75) is 12.5 Å². The average molecular weight is 265 g/mol. The number of carboxylic acid groups (broad SMARTS) is 2. The average Bonchev–Trinajstić information content (AvgIpc) is 2.76. The van der Waals surface area contributed by atoms with Crippen LogP contribution in [-0.4, -0.2) is 37.9 Å². The lowest BCUT2D eigenvalue weighted by atomic mass is 10.2. The summed E-state index contributed by atoms with van der Waals surface area (Å²) in [6, 6.07) is -1.58. The van der Waals surface area contributed by atoms with Crippen LogP contribution in [0.4, 0.5) is 5.95 Å². The molecular formula is C9H7N5O5-2. The number of H-pyrrole nitrogens is 2. The van der Waals surface area contributed by atoms with E-state index in [1.54, 1.807) is 0 Å². The third-order valence-corrected chi connectivity index (χ3v) is 2.26. The van der Waals surface area contributed by atoms with Gasteiger partial charge in [0.1, 0.15) is 0 Å². The Bertz CT molecular complexity index is 690. The molecule has 10 nitrogen and oxygen atoms in total. The van der Waals surface area contributed by atoms with Gasteiger partial charge >= 0.3 is 0 Å². The lowest BCUT2D eigenvalue weighted by Crippen LogP contribution is -2.45. The molecule has 2 aromatic heterocycles. The number of carboxylic acids is 2. The largest absolute Gasteiger partial charge is 0.550 e. The van der Waals surface area contributed by atoms with Crippen LogP contribution in [0.25, 0.3) is 11.2 Å².